The van der Waals surface area contributed by atoms with Crippen molar-refractivity contribution in [3.05, 3.63) is 28.3 Å². The van der Waals surface area contributed by atoms with Crippen LogP contribution < -0.4 is 10.1 Å². The van der Waals surface area contributed by atoms with E-state index in [1.807, 2.05) is 26.0 Å². The van der Waals surface area contributed by atoms with Crippen molar-refractivity contribution in [1.82, 2.24) is 5.32 Å². The molecule has 0 bridgehead atoms. The summed E-state index contributed by atoms with van der Waals surface area (Å²) < 4.78 is 11.3. The predicted octanol–water partition coefficient (Wildman–Crippen LogP) is 3.74. The number of hydrogen-bond donors (Lipinski definition) is 1. The van der Waals surface area contributed by atoms with E-state index in [0.717, 1.165) is 41.6 Å². The Labute approximate surface area is 127 Å². The average Bonchev–Trinajstić information content (AvgIpc) is 2.39. The number of aryl methyl sites for hydroxylation is 2. The number of rotatable bonds is 10. The van der Waals surface area contributed by atoms with Crippen LogP contribution in [0.15, 0.2) is 12.1 Å². The number of halogens is 1. The van der Waals surface area contributed by atoms with E-state index in [-0.39, 0.29) is 0 Å². The third-order valence-corrected chi connectivity index (χ3v) is 3.25. The summed E-state index contributed by atoms with van der Waals surface area (Å²) in [5.41, 5.74) is 2.13. The van der Waals surface area contributed by atoms with Gasteiger partial charge in [0.05, 0.1) is 13.2 Å². The van der Waals surface area contributed by atoms with Gasteiger partial charge in [0.2, 0.25) is 0 Å². The van der Waals surface area contributed by atoms with Crippen LogP contribution in [0.3, 0.4) is 0 Å². The van der Waals surface area contributed by atoms with Gasteiger partial charge in [-0.2, -0.15) is 0 Å². The van der Waals surface area contributed by atoms with Crippen molar-refractivity contribution in [3.8, 4) is 5.75 Å². The van der Waals surface area contributed by atoms with Crippen molar-refractivity contribution in [3.63, 3.8) is 0 Å². The summed E-state index contributed by atoms with van der Waals surface area (Å²) >= 11 is 5.99. The molecule has 1 rings (SSSR count). The zero-order valence-corrected chi connectivity index (χ0v) is 13.6. The van der Waals surface area contributed by atoms with Gasteiger partial charge in [0.15, 0.2) is 0 Å². The zero-order valence-electron chi connectivity index (χ0n) is 12.8. The second-order valence-electron chi connectivity index (χ2n) is 4.93. The number of hydrogen-bond acceptors (Lipinski definition) is 3. The number of unbranched alkanes of at least 4 members (excludes halogenated alkanes) is 1. The molecule has 0 aliphatic carbocycles. The lowest BCUT2D eigenvalue weighted by molar-refractivity contribution is 0.101. The van der Waals surface area contributed by atoms with Crippen LogP contribution in [0, 0.1) is 13.8 Å². The minimum Gasteiger partial charge on any atom is -0.491 e. The van der Waals surface area contributed by atoms with Crippen molar-refractivity contribution in [1.29, 1.82) is 0 Å². The van der Waals surface area contributed by atoms with Crippen molar-refractivity contribution < 1.29 is 9.47 Å². The Hall–Kier alpha value is -0.770. The largest absolute Gasteiger partial charge is 0.491 e. The van der Waals surface area contributed by atoms with E-state index in [1.165, 1.54) is 12.8 Å². The van der Waals surface area contributed by atoms with E-state index in [4.69, 9.17) is 21.1 Å². The molecule has 0 radical (unpaired) electrons. The van der Waals surface area contributed by atoms with Gasteiger partial charge in [-0.25, -0.2) is 0 Å². The van der Waals surface area contributed by atoms with Crippen LogP contribution in [0.5, 0.6) is 5.75 Å². The van der Waals surface area contributed by atoms with Gasteiger partial charge in [0, 0.05) is 11.6 Å². The van der Waals surface area contributed by atoms with E-state index >= 15 is 0 Å². The highest BCUT2D eigenvalue weighted by atomic mass is 35.5. The Morgan fingerprint density at radius 3 is 2.40 bits per heavy atom. The zero-order chi connectivity index (χ0) is 14.8. The monoisotopic (exact) mass is 299 g/mol. The second kappa shape index (κ2) is 10.0. The Balaban J connectivity index is 2.13. The molecule has 0 amide bonds. The second-order valence-corrected chi connectivity index (χ2v) is 5.37. The SMILES string of the molecule is CCCCNCCOCCOc1c(C)cc(Cl)cc1C. The predicted molar refractivity (Wildman–Crippen MR) is 85.0 cm³/mol. The van der Waals surface area contributed by atoms with E-state index in [0.29, 0.717) is 13.2 Å². The van der Waals surface area contributed by atoms with E-state index in [2.05, 4.69) is 12.2 Å². The smallest absolute Gasteiger partial charge is 0.125 e. The molecule has 1 N–H and O–H groups in total. The molecule has 3 nitrogen and oxygen atoms in total. The van der Waals surface area contributed by atoms with Gasteiger partial charge in [-0.3, -0.25) is 0 Å². The number of ether oxygens (including phenoxy) is 2. The molecular weight excluding hydrogens is 274 g/mol. The minimum atomic E-state index is 0.568. The Morgan fingerprint density at radius 1 is 1.05 bits per heavy atom. The first-order valence-electron chi connectivity index (χ1n) is 7.33. The van der Waals surface area contributed by atoms with Crippen LogP contribution in [0.1, 0.15) is 30.9 Å². The topological polar surface area (TPSA) is 30.5 Å². The third-order valence-electron chi connectivity index (χ3n) is 3.03. The first-order valence-corrected chi connectivity index (χ1v) is 7.71. The molecule has 1 aromatic rings. The Kier molecular flexibility index (Phi) is 8.67. The molecule has 0 heterocycles. The molecule has 1 aromatic carbocycles. The quantitative estimate of drug-likeness (QED) is 0.668. The van der Waals surface area contributed by atoms with Crippen molar-refractivity contribution >= 4 is 11.6 Å². The summed E-state index contributed by atoms with van der Waals surface area (Å²) in [7, 11) is 0. The normalized spacial score (nSPS) is 10.8. The third kappa shape index (κ3) is 6.60. The highest BCUT2D eigenvalue weighted by molar-refractivity contribution is 6.30. The molecule has 0 spiro atoms. The lowest BCUT2D eigenvalue weighted by atomic mass is 10.1. The van der Waals surface area contributed by atoms with Gasteiger partial charge in [0.1, 0.15) is 12.4 Å². The van der Waals surface area contributed by atoms with E-state index < -0.39 is 0 Å². The van der Waals surface area contributed by atoms with Crippen LogP contribution in [0.2, 0.25) is 5.02 Å². The minimum absolute atomic E-state index is 0.568. The van der Waals surface area contributed by atoms with Crippen molar-refractivity contribution in [2.45, 2.75) is 33.6 Å². The molecule has 0 unspecified atom stereocenters. The molecule has 4 heteroatoms. The van der Waals surface area contributed by atoms with Gasteiger partial charge in [-0.1, -0.05) is 24.9 Å². The maximum atomic E-state index is 5.99. The fourth-order valence-corrected chi connectivity index (χ4v) is 2.33. The Bertz CT molecular complexity index is 373. The average molecular weight is 300 g/mol. The van der Waals surface area contributed by atoms with Gasteiger partial charge in [-0.15, -0.1) is 0 Å². The van der Waals surface area contributed by atoms with Gasteiger partial charge in [-0.05, 0) is 50.1 Å². The van der Waals surface area contributed by atoms with Crippen LogP contribution in [0.4, 0.5) is 0 Å². The summed E-state index contributed by atoms with van der Waals surface area (Å²) in [6, 6.07) is 3.84. The van der Waals surface area contributed by atoms with Crippen LogP contribution in [-0.2, 0) is 4.74 Å². The molecular formula is C16H26ClNO2. The summed E-state index contributed by atoms with van der Waals surface area (Å²) in [5.74, 6) is 0.916. The van der Waals surface area contributed by atoms with E-state index in [1.54, 1.807) is 0 Å². The lowest BCUT2D eigenvalue weighted by Gasteiger charge is -2.13. The summed E-state index contributed by atoms with van der Waals surface area (Å²) in [6.07, 6.45) is 2.44. The summed E-state index contributed by atoms with van der Waals surface area (Å²) in [5, 5.41) is 4.09. The molecule has 0 fully saturated rings. The van der Waals surface area contributed by atoms with Crippen LogP contribution >= 0.6 is 11.6 Å². The molecule has 0 aliphatic rings. The molecule has 0 atom stereocenters. The van der Waals surface area contributed by atoms with Gasteiger partial charge >= 0.3 is 0 Å². The van der Waals surface area contributed by atoms with Gasteiger partial charge < -0.3 is 14.8 Å². The van der Waals surface area contributed by atoms with Crippen LogP contribution in [-0.4, -0.2) is 32.9 Å². The molecule has 0 saturated heterocycles. The maximum Gasteiger partial charge on any atom is 0.125 e. The first kappa shape index (κ1) is 17.3. The van der Waals surface area contributed by atoms with Crippen molar-refractivity contribution in [2.75, 3.05) is 32.9 Å². The first-order chi connectivity index (χ1) is 9.65. The number of nitrogens with one attached hydrogen (secondary N) is 1. The fourth-order valence-electron chi connectivity index (χ4n) is 2.00. The van der Waals surface area contributed by atoms with E-state index in [9.17, 15) is 0 Å². The van der Waals surface area contributed by atoms with Gasteiger partial charge in [0.25, 0.3) is 0 Å². The summed E-state index contributed by atoms with van der Waals surface area (Å²) in [4.78, 5) is 0. The summed E-state index contributed by atoms with van der Waals surface area (Å²) in [6.45, 7) is 10.1. The van der Waals surface area contributed by atoms with Crippen molar-refractivity contribution in [2.24, 2.45) is 0 Å². The maximum absolute atomic E-state index is 5.99. The lowest BCUT2D eigenvalue weighted by Crippen LogP contribution is -2.21. The molecule has 0 saturated carbocycles. The number of benzene rings is 1. The Morgan fingerprint density at radius 2 is 1.75 bits per heavy atom. The van der Waals surface area contributed by atoms with Crippen LogP contribution in [0.25, 0.3) is 0 Å². The highest BCUT2D eigenvalue weighted by Crippen LogP contribution is 2.26. The highest BCUT2D eigenvalue weighted by Gasteiger charge is 2.05. The molecule has 114 valence electrons. The fraction of sp³-hybridized carbons (Fsp3) is 0.625. The molecule has 0 aliphatic heterocycles. The molecule has 0 aromatic heterocycles. The molecule has 20 heavy (non-hydrogen) atoms. The standard InChI is InChI=1S/C16H26ClNO2/c1-4-5-6-18-7-8-19-9-10-20-16-13(2)11-15(17)12-14(16)3/h11-12,18H,4-10H2,1-3H3.